The van der Waals surface area contributed by atoms with Crippen LogP contribution in [-0.4, -0.2) is 24.6 Å². The summed E-state index contributed by atoms with van der Waals surface area (Å²) in [5, 5.41) is 7.26. The van der Waals surface area contributed by atoms with Crippen molar-refractivity contribution >= 4 is 32.6 Å². The van der Waals surface area contributed by atoms with Gasteiger partial charge in [0, 0.05) is 11.6 Å². The highest BCUT2D eigenvalue weighted by atomic mass is 79.9. The summed E-state index contributed by atoms with van der Waals surface area (Å²) < 4.78 is 46.2. The lowest BCUT2D eigenvalue weighted by atomic mass is 10.1. The van der Waals surface area contributed by atoms with E-state index < -0.39 is 11.7 Å². The third kappa shape index (κ3) is 2.25. The highest BCUT2D eigenvalue weighted by Crippen LogP contribution is 2.36. The first-order valence-corrected chi connectivity index (χ1v) is 7.05. The van der Waals surface area contributed by atoms with E-state index in [1.807, 2.05) is 0 Å². The molecule has 116 valence electrons. The van der Waals surface area contributed by atoms with Crippen LogP contribution in [0.25, 0.3) is 28.3 Å². The molecule has 0 aliphatic carbocycles. The molecule has 6 nitrogen and oxygen atoms in total. The van der Waals surface area contributed by atoms with Gasteiger partial charge in [-0.15, -0.1) is 10.2 Å². The fourth-order valence-electron chi connectivity index (χ4n) is 2.32. The molecule has 0 spiro atoms. The van der Waals surface area contributed by atoms with E-state index in [4.69, 9.17) is 4.42 Å². The number of imidazole rings is 1. The Labute approximate surface area is 134 Å². The van der Waals surface area contributed by atoms with E-state index in [0.29, 0.717) is 11.3 Å². The average molecular weight is 384 g/mol. The van der Waals surface area contributed by atoms with Crippen LogP contribution >= 0.6 is 15.9 Å². The van der Waals surface area contributed by atoms with Crippen LogP contribution in [0.2, 0.25) is 0 Å². The van der Waals surface area contributed by atoms with Crippen LogP contribution in [0.3, 0.4) is 0 Å². The van der Waals surface area contributed by atoms with Crippen LogP contribution in [0.4, 0.5) is 13.2 Å². The van der Waals surface area contributed by atoms with Crippen molar-refractivity contribution in [2.75, 3.05) is 0 Å². The molecule has 4 aromatic heterocycles. The first kappa shape index (κ1) is 14.1. The maximum atomic E-state index is 13.2. The Morgan fingerprint density at radius 2 is 2.00 bits per heavy atom. The Hall–Kier alpha value is -2.49. The molecule has 0 amide bonds. The Kier molecular flexibility index (Phi) is 2.92. The summed E-state index contributed by atoms with van der Waals surface area (Å²) in [5.74, 6) is 0.174. The van der Waals surface area contributed by atoms with Crippen molar-refractivity contribution in [1.29, 1.82) is 0 Å². The Morgan fingerprint density at radius 3 is 2.70 bits per heavy atom. The zero-order chi connectivity index (χ0) is 16.2. The minimum atomic E-state index is -4.49. The van der Waals surface area contributed by atoms with Gasteiger partial charge in [0.15, 0.2) is 0 Å². The van der Waals surface area contributed by atoms with Crippen molar-refractivity contribution in [3.8, 4) is 11.6 Å². The van der Waals surface area contributed by atoms with E-state index >= 15 is 0 Å². The summed E-state index contributed by atoms with van der Waals surface area (Å²) >= 11 is 3.02. The van der Waals surface area contributed by atoms with E-state index in [1.54, 1.807) is 0 Å². The number of alkyl halides is 3. The smallest absolute Gasteiger partial charge is 0.417 e. The number of rotatable bonds is 1. The number of aromatic nitrogens is 5. The molecule has 4 rings (SSSR count). The molecule has 4 heterocycles. The van der Waals surface area contributed by atoms with Crippen molar-refractivity contribution in [2.24, 2.45) is 0 Å². The molecule has 0 fully saturated rings. The quantitative estimate of drug-likeness (QED) is 0.468. The minimum Gasteiger partial charge on any atom is -0.422 e. The van der Waals surface area contributed by atoms with Crippen LogP contribution < -0.4 is 0 Å². The van der Waals surface area contributed by atoms with E-state index in [1.165, 1.54) is 22.7 Å². The number of hydrogen-bond acceptors (Lipinski definition) is 5. The van der Waals surface area contributed by atoms with Gasteiger partial charge in [0.05, 0.1) is 5.56 Å². The Balaban J connectivity index is 2.07. The number of pyridine rings is 2. The van der Waals surface area contributed by atoms with Gasteiger partial charge in [-0.25, -0.2) is 9.97 Å². The van der Waals surface area contributed by atoms with Crippen molar-refractivity contribution < 1.29 is 17.6 Å². The van der Waals surface area contributed by atoms with Crippen molar-refractivity contribution in [3.63, 3.8) is 0 Å². The standard InChI is InChI=1S/C13H5BrF3N5O/c14-9-3-7(13(15,16)17)6-1-2-10-19-8(12-21-18-5-23-12)4-22(10)11(6)20-9/h1-5H. The second-order valence-corrected chi connectivity index (χ2v) is 5.47. The van der Waals surface area contributed by atoms with Gasteiger partial charge in [-0.3, -0.25) is 4.40 Å². The predicted octanol–water partition coefficient (Wildman–Crippen LogP) is 3.71. The van der Waals surface area contributed by atoms with Gasteiger partial charge in [-0.2, -0.15) is 13.2 Å². The summed E-state index contributed by atoms with van der Waals surface area (Å²) in [7, 11) is 0. The van der Waals surface area contributed by atoms with E-state index in [2.05, 4.69) is 36.1 Å². The second-order valence-electron chi connectivity index (χ2n) is 4.66. The second kappa shape index (κ2) is 4.75. The molecule has 0 aliphatic rings. The van der Waals surface area contributed by atoms with Gasteiger partial charge < -0.3 is 4.42 Å². The monoisotopic (exact) mass is 383 g/mol. The van der Waals surface area contributed by atoms with E-state index in [9.17, 15) is 13.2 Å². The fourth-order valence-corrected chi connectivity index (χ4v) is 2.72. The molecule has 0 N–H and O–H groups in total. The van der Waals surface area contributed by atoms with Crippen LogP contribution in [0.15, 0.2) is 39.8 Å². The lowest BCUT2D eigenvalue weighted by Crippen LogP contribution is -2.07. The van der Waals surface area contributed by atoms with Gasteiger partial charge in [-0.1, -0.05) is 0 Å². The summed E-state index contributed by atoms with van der Waals surface area (Å²) in [6.45, 7) is 0. The lowest BCUT2D eigenvalue weighted by molar-refractivity contribution is -0.136. The van der Waals surface area contributed by atoms with E-state index in [-0.39, 0.29) is 21.5 Å². The lowest BCUT2D eigenvalue weighted by Gasteiger charge is -2.11. The average Bonchev–Trinajstić information content (AvgIpc) is 3.14. The van der Waals surface area contributed by atoms with Gasteiger partial charge >= 0.3 is 6.18 Å². The molecular weight excluding hydrogens is 379 g/mol. The first-order valence-electron chi connectivity index (χ1n) is 6.25. The molecule has 0 atom stereocenters. The van der Waals surface area contributed by atoms with Gasteiger partial charge in [0.25, 0.3) is 5.89 Å². The zero-order valence-electron chi connectivity index (χ0n) is 11.0. The zero-order valence-corrected chi connectivity index (χ0v) is 12.6. The first-order chi connectivity index (χ1) is 10.9. The largest absolute Gasteiger partial charge is 0.422 e. The van der Waals surface area contributed by atoms with Gasteiger partial charge in [0.2, 0.25) is 6.39 Å². The highest BCUT2D eigenvalue weighted by Gasteiger charge is 2.33. The molecule has 0 saturated carbocycles. The fraction of sp³-hybridized carbons (Fsp3) is 0.0769. The topological polar surface area (TPSA) is 69.1 Å². The molecule has 0 unspecified atom stereocenters. The van der Waals surface area contributed by atoms with Crippen LogP contribution in [0.1, 0.15) is 5.56 Å². The number of nitrogens with zero attached hydrogens (tertiary/aromatic N) is 5. The Morgan fingerprint density at radius 1 is 1.17 bits per heavy atom. The molecular formula is C13H5BrF3N5O. The van der Waals surface area contributed by atoms with Crippen molar-refractivity contribution in [3.05, 3.63) is 41.0 Å². The third-order valence-electron chi connectivity index (χ3n) is 3.25. The van der Waals surface area contributed by atoms with Crippen LogP contribution in [0.5, 0.6) is 0 Å². The van der Waals surface area contributed by atoms with Gasteiger partial charge in [-0.05, 0) is 34.1 Å². The number of halogens is 4. The molecule has 0 bridgehead atoms. The molecule has 4 aromatic rings. The van der Waals surface area contributed by atoms with E-state index in [0.717, 1.165) is 12.5 Å². The number of fused-ring (bicyclic) bond motifs is 3. The maximum absolute atomic E-state index is 13.2. The summed E-state index contributed by atoms with van der Waals surface area (Å²) in [6.07, 6.45) is -1.84. The van der Waals surface area contributed by atoms with Crippen molar-refractivity contribution in [2.45, 2.75) is 6.18 Å². The Bertz CT molecular complexity index is 1030. The summed E-state index contributed by atoms with van der Waals surface area (Å²) in [6, 6.07) is 3.77. The number of hydrogen-bond donors (Lipinski definition) is 0. The summed E-state index contributed by atoms with van der Waals surface area (Å²) in [4.78, 5) is 8.40. The molecule has 10 heteroatoms. The highest BCUT2D eigenvalue weighted by molar-refractivity contribution is 9.10. The van der Waals surface area contributed by atoms with Crippen molar-refractivity contribution in [1.82, 2.24) is 24.6 Å². The molecule has 0 radical (unpaired) electrons. The maximum Gasteiger partial charge on any atom is 0.417 e. The minimum absolute atomic E-state index is 0.0253. The normalized spacial score (nSPS) is 12.3. The van der Waals surface area contributed by atoms with Crippen LogP contribution in [0, 0.1) is 0 Å². The molecule has 0 saturated heterocycles. The van der Waals surface area contributed by atoms with Crippen LogP contribution in [-0.2, 0) is 6.18 Å². The molecule has 0 aromatic carbocycles. The third-order valence-corrected chi connectivity index (χ3v) is 3.66. The molecule has 23 heavy (non-hydrogen) atoms. The van der Waals surface area contributed by atoms with Gasteiger partial charge in [0.1, 0.15) is 21.6 Å². The molecule has 0 aliphatic heterocycles. The predicted molar refractivity (Wildman–Crippen MR) is 76.5 cm³/mol. The summed E-state index contributed by atoms with van der Waals surface area (Å²) in [5.41, 5.74) is 0.126. The SMILES string of the molecule is FC(F)(F)c1cc(Br)nc2c1ccc1nc(-c3nnco3)cn12.